The van der Waals surface area contributed by atoms with Gasteiger partial charge in [-0.25, -0.2) is 0 Å². The fourth-order valence-corrected chi connectivity index (χ4v) is 6.91. The van der Waals surface area contributed by atoms with E-state index in [1.54, 1.807) is 19.1 Å². The van der Waals surface area contributed by atoms with Crippen molar-refractivity contribution in [3.8, 4) is 0 Å². The number of hydrogen-bond donors (Lipinski definition) is 1. The Morgan fingerprint density at radius 3 is 2.09 bits per heavy atom. The van der Waals surface area contributed by atoms with Gasteiger partial charge in [-0.05, 0) is 50.4 Å². The molecule has 2 aromatic rings. The van der Waals surface area contributed by atoms with Crippen molar-refractivity contribution < 1.29 is 19.1 Å². The minimum Gasteiger partial charge on any atom is -0.449 e. The van der Waals surface area contributed by atoms with Crippen molar-refractivity contribution in [2.24, 2.45) is 17.3 Å². The fourth-order valence-electron chi connectivity index (χ4n) is 6.91. The van der Waals surface area contributed by atoms with Crippen LogP contribution in [0.4, 0.5) is 0 Å². The van der Waals surface area contributed by atoms with Crippen molar-refractivity contribution in [2.45, 2.75) is 57.1 Å². The predicted octanol–water partition coefficient (Wildman–Crippen LogP) is 4.63. The van der Waals surface area contributed by atoms with Crippen LogP contribution in [0.15, 0.2) is 60.7 Å². The highest BCUT2D eigenvalue weighted by atomic mass is 16.5. The molecule has 0 aromatic heterocycles. The first-order valence-corrected chi connectivity index (χ1v) is 11.5. The number of ketones is 1. The van der Waals surface area contributed by atoms with E-state index in [1.807, 2.05) is 48.5 Å². The molecule has 32 heavy (non-hydrogen) atoms. The highest BCUT2D eigenvalue weighted by Crippen LogP contribution is 2.62. The second-order valence-corrected chi connectivity index (χ2v) is 10.1. The molecular weight excluding hydrogens is 402 g/mol. The van der Waals surface area contributed by atoms with Crippen LogP contribution in [0.3, 0.4) is 0 Å². The lowest BCUT2D eigenvalue weighted by atomic mass is 9.47. The minimum absolute atomic E-state index is 0.0446. The molecule has 4 bridgehead atoms. The minimum atomic E-state index is -0.976. The summed E-state index contributed by atoms with van der Waals surface area (Å²) in [5.74, 6) is 0.272. The van der Waals surface area contributed by atoms with Crippen molar-refractivity contribution >= 4 is 17.7 Å². The Labute approximate surface area is 188 Å². The van der Waals surface area contributed by atoms with E-state index in [2.05, 4.69) is 5.32 Å². The lowest BCUT2D eigenvalue weighted by Gasteiger charge is -2.60. The van der Waals surface area contributed by atoms with Crippen molar-refractivity contribution in [1.29, 1.82) is 0 Å². The Bertz CT molecular complexity index is 1020. The Balaban J connectivity index is 1.45. The van der Waals surface area contributed by atoms with Crippen LogP contribution in [0.5, 0.6) is 0 Å². The molecule has 6 rings (SSSR count). The Hall–Kier alpha value is -2.95. The maximum absolute atomic E-state index is 13.8. The first-order valence-electron chi connectivity index (χ1n) is 11.5. The van der Waals surface area contributed by atoms with E-state index in [4.69, 9.17) is 4.74 Å². The maximum atomic E-state index is 13.8. The molecule has 3 unspecified atom stereocenters. The van der Waals surface area contributed by atoms with Crippen molar-refractivity contribution in [3.63, 3.8) is 0 Å². The van der Waals surface area contributed by atoms with Gasteiger partial charge < -0.3 is 10.1 Å². The third-order valence-corrected chi connectivity index (χ3v) is 7.56. The van der Waals surface area contributed by atoms with Gasteiger partial charge in [-0.15, -0.1) is 0 Å². The second kappa shape index (κ2) is 7.88. The summed E-state index contributed by atoms with van der Waals surface area (Å²) in [6, 6.07) is 18.2. The molecule has 0 radical (unpaired) electrons. The van der Waals surface area contributed by atoms with Gasteiger partial charge in [0, 0.05) is 23.6 Å². The molecule has 0 aliphatic heterocycles. The van der Waals surface area contributed by atoms with Gasteiger partial charge in [-0.1, -0.05) is 60.7 Å². The van der Waals surface area contributed by atoms with E-state index < -0.39 is 11.5 Å². The first-order chi connectivity index (χ1) is 15.4. The smallest absolute Gasteiger partial charge is 0.313 e. The van der Waals surface area contributed by atoms with E-state index in [1.165, 1.54) is 0 Å². The van der Waals surface area contributed by atoms with E-state index in [-0.39, 0.29) is 23.2 Å². The Morgan fingerprint density at radius 2 is 1.50 bits per heavy atom. The van der Waals surface area contributed by atoms with Gasteiger partial charge in [0.05, 0.1) is 5.41 Å². The van der Waals surface area contributed by atoms with Crippen molar-refractivity contribution in [1.82, 2.24) is 5.32 Å². The van der Waals surface area contributed by atoms with Gasteiger partial charge in [0.15, 0.2) is 6.10 Å². The van der Waals surface area contributed by atoms with E-state index in [0.717, 1.165) is 32.1 Å². The number of carbonyl (C=O) groups excluding carboxylic acids is 3. The summed E-state index contributed by atoms with van der Waals surface area (Å²) >= 11 is 0. The van der Waals surface area contributed by atoms with Gasteiger partial charge in [0.25, 0.3) is 0 Å². The molecule has 2 aromatic carbocycles. The van der Waals surface area contributed by atoms with Crippen LogP contribution in [0.2, 0.25) is 0 Å². The van der Waals surface area contributed by atoms with Gasteiger partial charge in [-0.2, -0.15) is 0 Å². The number of rotatable bonds is 6. The molecule has 1 N–H and O–H groups in total. The van der Waals surface area contributed by atoms with Gasteiger partial charge in [0.2, 0.25) is 11.7 Å². The molecule has 5 heteroatoms. The number of esters is 1. The molecule has 0 spiro atoms. The number of amides is 1. The molecule has 4 aliphatic carbocycles. The van der Waals surface area contributed by atoms with Gasteiger partial charge >= 0.3 is 5.97 Å². The largest absolute Gasteiger partial charge is 0.449 e. The molecular formula is C27H29NO4. The van der Waals surface area contributed by atoms with Gasteiger partial charge in [0.1, 0.15) is 0 Å². The predicted molar refractivity (Wildman–Crippen MR) is 120 cm³/mol. The fraction of sp³-hybridized carbons (Fsp3) is 0.444. The molecule has 166 valence electrons. The average Bonchev–Trinajstić information content (AvgIpc) is 2.76. The third kappa shape index (κ3) is 3.74. The molecule has 0 heterocycles. The molecule has 4 saturated carbocycles. The van der Waals surface area contributed by atoms with E-state index in [9.17, 15) is 14.4 Å². The molecule has 4 fully saturated rings. The highest BCUT2D eigenvalue weighted by molar-refractivity contribution is 6.01. The number of nitrogens with one attached hydrogen (secondary N) is 1. The SMILES string of the molecule is CC(=O)NC12CC3CC(C1)CC(C(=O)OC(C(=O)c1ccccc1)c1ccccc1)(C3)C2. The molecule has 0 saturated heterocycles. The summed E-state index contributed by atoms with van der Waals surface area (Å²) in [5, 5.41) is 3.19. The normalized spacial score (nSPS) is 31.0. The van der Waals surface area contributed by atoms with Crippen LogP contribution in [-0.4, -0.2) is 23.2 Å². The summed E-state index contributed by atoms with van der Waals surface area (Å²) in [4.78, 5) is 39.1. The van der Waals surface area contributed by atoms with E-state index in [0.29, 0.717) is 29.4 Å². The maximum Gasteiger partial charge on any atom is 0.313 e. The number of carbonyl (C=O) groups is 3. The standard InChI is InChI=1S/C27H29NO4/c1-18(29)28-27-15-19-12-20(16-27)14-26(13-19,17-27)25(31)32-24(22-10-6-3-7-11-22)23(30)21-8-4-2-5-9-21/h2-11,19-20,24H,12-17H2,1H3,(H,28,29). The zero-order chi connectivity index (χ0) is 22.3. The quantitative estimate of drug-likeness (QED) is 0.535. The molecule has 4 aliphatic rings. The van der Waals surface area contributed by atoms with Crippen molar-refractivity contribution in [3.05, 3.63) is 71.8 Å². The number of ether oxygens (including phenoxy) is 1. The van der Waals surface area contributed by atoms with Gasteiger partial charge in [-0.3, -0.25) is 14.4 Å². The summed E-state index contributed by atoms with van der Waals surface area (Å²) < 4.78 is 6.09. The third-order valence-electron chi connectivity index (χ3n) is 7.56. The summed E-state index contributed by atoms with van der Waals surface area (Å²) in [5.41, 5.74) is 0.252. The highest BCUT2D eigenvalue weighted by Gasteiger charge is 2.62. The average molecular weight is 432 g/mol. The Morgan fingerprint density at radius 1 is 0.906 bits per heavy atom. The molecule has 5 nitrogen and oxygen atoms in total. The summed E-state index contributed by atoms with van der Waals surface area (Å²) in [7, 11) is 0. The van der Waals surface area contributed by atoms with Crippen LogP contribution >= 0.6 is 0 Å². The molecule has 3 atom stereocenters. The lowest BCUT2D eigenvalue weighted by molar-refractivity contribution is -0.179. The first kappa shape index (κ1) is 20.9. The summed E-state index contributed by atoms with van der Waals surface area (Å²) in [6.07, 6.45) is 4.17. The topological polar surface area (TPSA) is 72.5 Å². The number of benzene rings is 2. The van der Waals surface area contributed by atoms with Crippen LogP contribution in [0, 0.1) is 17.3 Å². The summed E-state index contributed by atoms with van der Waals surface area (Å²) in [6.45, 7) is 1.55. The van der Waals surface area contributed by atoms with Crippen LogP contribution in [-0.2, 0) is 14.3 Å². The Kier molecular flexibility index (Phi) is 5.15. The second-order valence-electron chi connectivity index (χ2n) is 10.1. The zero-order valence-corrected chi connectivity index (χ0v) is 18.4. The van der Waals surface area contributed by atoms with E-state index >= 15 is 0 Å². The number of hydrogen-bond acceptors (Lipinski definition) is 4. The zero-order valence-electron chi connectivity index (χ0n) is 18.4. The monoisotopic (exact) mass is 431 g/mol. The number of Topliss-reactive ketones (excluding diaryl/α,β-unsaturated/α-hetero) is 1. The lowest BCUT2D eigenvalue weighted by Crippen LogP contribution is -2.64. The van der Waals surface area contributed by atoms with Crippen LogP contribution in [0.1, 0.15) is 67.5 Å². The van der Waals surface area contributed by atoms with Crippen molar-refractivity contribution in [2.75, 3.05) is 0 Å². The molecule has 1 amide bonds. The van der Waals surface area contributed by atoms with Crippen LogP contribution < -0.4 is 5.32 Å². The van der Waals surface area contributed by atoms with Crippen LogP contribution in [0.25, 0.3) is 0 Å².